The maximum Gasteiger partial charge on any atom is 0.0691 e. The predicted octanol–water partition coefficient (Wildman–Crippen LogP) is 4.33. The Labute approximate surface area is 168 Å². The Balaban J connectivity index is 1.71. The second-order valence-corrected chi connectivity index (χ2v) is 8.86. The molecule has 1 heterocycles. The monoisotopic (exact) mass is 434 g/mol. The zero-order valence-corrected chi connectivity index (χ0v) is 17.6. The van der Waals surface area contributed by atoms with Crippen LogP contribution in [0.25, 0.3) is 0 Å². The number of halogens is 1. The molecule has 1 aliphatic heterocycles. The molecule has 0 radical (unpaired) electrons. The van der Waals surface area contributed by atoms with Gasteiger partial charge in [-0.3, -0.25) is 0 Å². The van der Waals surface area contributed by atoms with Crippen molar-refractivity contribution in [2.24, 2.45) is 5.73 Å². The molecule has 4 nitrogen and oxygen atoms in total. The number of rotatable bonds is 6. The number of nitrogen functional groups attached to an aromatic ring is 1. The van der Waals surface area contributed by atoms with Crippen LogP contribution in [-0.2, 0) is 0 Å². The van der Waals surface area contributed by atoms with Gasteiger partial charge in [0.1, 0.15) is 0 Å². The Hall–Kier alpha value is -1.21. The van der Waals surface area contributed by atoms with E-state index in [4.69, 9.17) is 11.5 Å². The van der Waals surface area contributed by atoms with Crippen LogP contribution in [0, 0.1) is 6.92 Å². The zero-order valence-electron chi connectivity index (χ0n) is 15.2. The molecule has 0 aromatic heterocycles. The van der Waals surface area contributed by atoms with Gasteiger partial charge in [-0.25, -0.2) is 0 Å². The highest BCUT2D eigenvalue weighted by molar-refractivity contribution is 9.10. The second kappa shape index (κ2) is 9.13. The fourth-order valence-corrected chi connectivity index (χ4v) is 4.93. The lowest BCUT2D eigenvalue weighted by atomic mass is 10.0. The number of hydrogen-bond donors (Lipinski definition) is 3. The smallest absolute Gasteiger partial charge is 0.0691 e. The standard InChI is InChI=1S/C20H27BrN4S/c1-14-11-18(24-16-5-8-25(9-6-16)10-7-22)20(23)19(12-14)26-17-4-2-3-15(21)13-17/h2-4,11-13,16,24H,5-10,22-23H2,1H3. The summed E-state index contributed by atoms with van der Waals surface area (Å²) in [6, 6.07) is 13.1. The molecule has 140 valence electrons. The van der Waals surface area contributed by atoms with E-state index in [1.807, 2.05) is 12.1 Å². The Morgan fingerprint density at radius 1 is 1.23 bits per heavy atom. The van der Waals surface area contributed by atoms with Crippen LogP contribution < -0.4 is 16.8 Å². The number of nitrogens with one attached hydrogen (secondary N) is 1. The lowest BCUT2D eigenvalue weighted by Gasteiger charge is -2.33. The topological polar surface area (TPSA) is 67.3 Å². The van der Waals surface area contributed by atoms with E-state index in [0.717, 1.165) is 59.8 Å². The summed E-state index contributed by atoms with van der Waals surface area (Å²) in [5.74, 6) is 0. The molecule has 3 rings (SSSR count). The quantitative estimate of drug-likeness (QED) is 0.590. The Morgan fingerprint density at radius 3 is 2.69 bits per heavy atom. The average molecular weight is 435 g/mol. The first-order chi connectivity index (χ1) is 12.5. The average Bonchev–Trinajstić information content (AvgIpc) is 2.61. The highest BCUT2D eigenvalue weighted by Gasteiger charge is 2.20. The SMILES string of the molecule is Cc1cc(NC2CCN(CCN)CC2)c(N)c(Sc2cccc(Br)c2)c1. The second-order valence-electron chi connectivity index (χ2n) is 6.83. The van der Waals surface area contributed by atoms with Crippen molar-refractivity contribution in [2.75, 3.05) is 37.2 Å². The Bertz CT molecular complexity index is 745. The van der Waals surface area contributed by atoms with Crippen molar-refractivity contribution in [2.45, 2.75) is 35.6 Å². The molecule has 0 saturated carbocycles. The van der Waals surface area contributed by atoms with E-state index in [1.54, 1.807) is 11.8 Å². The minimum absolute atomic E-state index is 0.469. The molecule has 0 atom stereocenters. The van der Waals surface area contributed by atoms with Crippen LogP contribution in [0.4, 0.5) is 11.4 Å². The van der Waals surface area contributed by atoms with Gasteiger partial charge in [-0.15, -0.1) is 0 Å². The molecule has 1 fully saturated rings. The molecule has 2 aromatic carbocycles. The first-order valence-corrected chi connectivity index (χ1v) is 10.7. The van der Waals surface area contributed by atoms with Gasteiger partial charge in [-0.2, -0.15) is 0 Å². The van der Waals surface area contributed by atoms with Crippen molar-refractivity contribution < 1.29 is 0 Å². The first kappa shape index (κ1) is 19.5. The van der Waals surface area contributed by atoms with E-state index in [9.17, 15) is 0 Å². The largest absolute Gasteiger partial charge is 0.396 e. The molecule has 0 amide bonds. The number of likely N-dealkylation sites (tertiary alicyclic amines) is 1. The number of benzene rings is 2. The zero-order chi connectivity index (χ0) is 18.5. The molecule has 0 spiro atoms. The maximum atomic E-state index is 6.51. The van der Waals surface area contributed by atoms with E-state index in [2.05, 4.69) is 57.3 Å². The van der Waals surface area contributed by atoms with Crippen molar-refractivity contribution in [3.8, 4) is 0 Å². The summed E-state index contributed by atoms with van der Waals surface area (Å²) >= 11 is 5.24. The molecule has 0 aliphatic carbocycles. The van der Waals surface area contributed by atoms with Gasteiger partial charge >= 0.3 is 0 Å². The normalized spacial score (nSPS) is 16.0. The number of nitrogens with zero attached hydrogens (tertiary/aromatic N) is 1. The van der Waals surface area contributed by atoms with E-state index in [1.165, 1.54) is 10.5 Å². The van der Waals surface area contributed by atoms with Crippen molar-refractivity contribution >= 4 is 39.1 Å². The molecular weight excluding hydrogens is 408 g/mol. The fraction of sp³-hybridized carbons (Fsp3) is 0.400. The number of aryl methyl sites for hydroxylation is 1. The van der Waals surface area contributed by atoms with E-state index < -0.39 is 0 Å². The molecule has 0 bridgehead atoms. The molecule has 2 aromatic rings. The summed E-state index contributed by atoms with van der Waals surface area (Å²) in [5, 5.41) is 3.68. The lowest BCUT2D eigenvalue weighted by molar-refractivity contribution is 0.225. The molecule has 5 N–H and O–H groups in total. The third-order valence-corrected chi connectivity index (χ3v) is 6.24. The van der Waals surface area contributed by atoms with Gasteiger partial charge in [0.05, 0.1) is 11.4 Å². The number of nitrogens with two attached hydrogens (primary N) is 2. The number of hydrogen-bond acceptors (Lipinski definition) is 5. The van der Waals surface area contributed by atoms with Gasteiger partial charge in [-0.05, 0) is 55.7 Å². The van der Waals surface area contributed by atoms with Crippen LogP contribution in [0.5, 0.6) is 0 Å². The summed E-state index contributed by atoms with van der Waals surface area (Å²) in [4.78, 5) is 4.72. The van der Waals surface area contributed by atoms with Gasteiger partial charge in [0.2, 0.25) is 0 Å². The third-order valence-electron chi connectivity index (χ3n) is 4.70. The summed E-state index contributed by atoms with van der Waals surface area (Å²) in [6.07, 6.45) is 2.25. The van der Waals surface area contributed by atoms with E-state index in [0.29, 0.717) is 6.04 Å². The predicted molar refractivity (Wildman–Crippen MR) is 116 cm³/mol. The number of anilines is 2. The summed E-state index contributed by atoms with van der Waals surface area (Å²) in [6.45, 7) is 6.05. The van der Waals surface area contributed by atoms with Crippen molar-refractivity contribution in [1.29, 1.82) is 0 Å². The van der Waals surface area contributed by atoms with Crippen molar-refractivity contribution in [1.82, 2.24) is 4.90 Å². The molecule has 26 heavy (non-hydrogen) atoms. The summed E-state index contributed by atoms with van der Waals surface area (Å²) < 4.78 is 1.08. The highest BCUT2D eigenvalue weighted by atomic mass is 79.9. The van der Waals surface area contributed by atoms with Crippen LogP contribution in [0.3, 0.4) is 0 Å². The fourth-order valence-electron chi connectivity index (χ4n) is 3.33. The Kier molecular flexibility index (Phi) is 6.86. The molecular formula is C20H27BrN4S. The van der Waals surface area contributed by atoms with Gasteiger partial charge in [-0.1, -0.05) is 33.8 Å². The van der Waals surface area contributed by atoms with Gasteiger partial charge in [0, 0.05) is 46.5 Å². The van der Waals surface area contributed by atoms with Gasteiger partial charge < -0.3 is 21.7 Å². The van der Waals surface area contributed by atoms with E-state index in [-0.39, 0.29) is 0 Å². The summed E-state index contributed by atoms with van der Waals surface area (Å²) in [7, 11) is 0. The van der Waals surface area contributed by atoms with Crippen molar-refractivity contribution in [3.05, 3.63) is 46.4 Å². The van der Waals surface area contributed by atoms with Gasteiger partial charge in [0.25, 0.3) is 0 Å². The molecule has 1 aliphatic rings. The summed E-state index contributed by atoms with van der Waals surface area (Å²) in [5.41, 5.74) is 15.3. The molecule has 1 saturated heterocycles. The molecule has 6 heteroatoms. The van der Waals surface area contributed by atoms with Crippen molar-refractivity contribution in [3.63, 3.8) is 0 Å². The minimum atomic E-state index is 0.469. The van der Waals surface area contributed by atoms with Gasteiger partial charge in [0.15, 0.2) is 0 Å². The first-order valence-electron chi connectivity index (χ1n) is 9.07. The van der Waals surface area contributed by atoms with Crippen LogP contribution in [0.15, 0.2) is 50.7 Å². The lowest BCUT2D eigenvalue weighted by Crippen LogP contribution is -2.41. The van der Waals surface area contributed by atoms with Crippen LogP contribution in [-0.4, -0.2) is 37.1 Å². The third kappa shape index (κ3) is 5.16. The highest BCUT2D eigenvalue weighted by Crippen LogP contribution is 2.38. The maximum absolute atomic E-state index is 6.51. The van der Waals surface area contributed by atoms with Crippen LogP contribution in [0.2, 0.25) is 0 Å². The molecule has 0 unspecified atom stereocenters. The number of piperidine rings is 1. The van der Waals surface area contributed by atoms with E-state index >= 15 is 0 Å². The van der Waals surface area contributed by atoms with Crippen LogP contribution >= 0.6 is 27.7 Å². The Morgan fingerprint density at radius 2 is 2.00 bits per heavy atom. The van der Waals surface area contributed by atoms with Crippen LogP contribution in [0.1, 0.15) is 18.4 Å². The minimum Gasteiger partial charge on any atom is -0.396 e.